The summed E-state index contributed by atoms with van der Waals surface area (Å²) in [5, 5.41) is 1.11. The molecule has 1 aromatic carbocycles. The van der Waals surface area contributed by atoms with Gasteiger partial charge in [0, 0.05) is 6.54 Å². The molecule has 0 amide bonds. The summed E-state index contributed by atoms with van der Waals surface area (Å²) >= 11 is 12.2. The van der Waals surface area contributed by atoms with Gasteiger partial charge in [-0.2, -0.15) is 0 Å². The zero-order valence-corrected chi connectivity index (χ0v) is 13.2. The first-order valence-electron chi connectivity index (χ1n) is 6.83. The molecule has 19 heavy (non-hydrogen) atoms. The van der Waals surface area contributed by atoms with Crippen LogP contribution >= 0.6 is 23.2 Å². The summed E-state index contributed by atoms with van der Waals surface area (Å²) in [4.78, 5) is 2.48. The maximum Gasteiger partial charge on any atom is 0.0693 e. The number of nitrogen functional groups attached to an aromatic ring is 1. The van der Waals surface area contributed by atoms with E-state index in [0.717, 1.165) is 25.2 Å². The van der Waals surface area contributed by atoms with Crippen molar-refractivity contribution < 1.29 is 0 Å². The van der Waals surface area contributed by atoms with Crippen LogP contribution in [0.2, 0.25) is 10.0 Å². The molecule has 4 heteroatoms. The van der Waals surface area contributed by atoms with Crippen molar-refractivity contribution in [1.82, 2.24) is 4.90 Å². The lowest BCUT2D eigenvalue weighted by molar-refractivity contribution is 0.256. The van der Waals surface area contributed by atoms with E-state index >= 15 is 0 Å². The first-order chi connectivity index (χ1) is 8.87. The van der Waals surface area contributed by atoms with E-state index in [0.29, 0.717) is 21.1 Å². The van der Waals surface area contributed by atoms with Crippen LogP contribution in [0.3, 0.4) is 0 Å². The van der Waals surface area contributed by atoms with Crippen LogP contribution in [0.25, 0.3) is 0 Å². The standard InChI is InChI=1S/C15H22Cl2N2/c1-15(2)4-3-6-19(7-5-15)10-11-8-12(16)14(18)13(17)9-11/h8-9H,3-7,10,18H2,1-2H3. The summed E-state index contributed by atoms with van der Waals surface area (Å²) in [5.41, 5.74) is 7.85. The van der Waals surface area contributed by atoms with E-state index < -0.39 is 0 Å². The molecule has 1 aliphatic heterocycles. The Morgan fingerprint density at radius 3 is 2.42 bits per heavy atom. The average Bonchev–Trinajstić information content (AvgIpc) is 2.48. The van der Waals surface area contributed by atoms with Gasteiger partial charge >= 0.3 is 0 Å². The lowest BCUT2D eigenvalue weighted by atomic mass is 9.85. The smallest absolute Gasteiger partial charge is 0.0693 e. The summed E-state index contributed by atoms with van der Waals surface area (Å²) in [7, 11) is 0. The summed E-state index contributed by atoms with van der Waals surface area (Å²) in [5.74, 6) is 0. The third kappa shape index (κ3) is 4.01. The molecule has 2 nitrogen and oxygen atoms in total. The minimum absolute atomic E-state index is 0.463. The number of hydrogen-bond acceptors (Lipinski definition) is 2. The van der Waals surface area contributed by atoms with Crippen molar-refractivity contribution in [3.63, 3.8) is 0 Å². The fourth-order valence-corrected chi connectivity index (χ4v) is 3.16. The molecule has 1 aliphatic rings. The number of rotatable bonds is 2. The van der Waals surface area contributed by atoms with E-state index in [2.05, 4.69) is 18.7 Å². The van der Waals surface area contributed by atoms with Gasteiger partial charge in [0.25, 0.3) is 0 Å². The van der Waals surface area contributed by atoms with Crippen LogP contribution in [0.4, 0.5) is 5.69 Å². The van der Waals surface area contributed by atoms with E-state index in [1.165, 1.54) is 19.3 Å². The number of likely N-dealkylation sites (tertiary alicyclic amines) is 1. The van der Waals surface area contributed by atoms with Crippen LogP contribution in [0, 0.1) is 5.41 Å². The molecule has 0 atom stereocenters. The second-order valence-corrected chi connectivity index (χ2v) is 7.08. The van der Waals surface area contributed by atoms with Gasteiger partial charge in [-0.15, -0.1) is 0 Å². The maximum atomic E-state index is 6.09. The van der Waals surface area contributed by atoms with Crippen molar-refractivity contribution >= 4 is 28.9 Å². The van der Waals surface area contributed by atoms with E-state index in [-0.39, 0.29) is 0 Å². The van der Waals surface area contributed by atoms with Gasteiger partial charge in [-0.25, -0.2) is 0 Å². The van der Waals surface area contributed by atoms with Crippen LogP contribution < -0.4 is 5.73 Å². The number of anilines is 1. The highest BCUT2D eigenvalue weighted by Crippen LogP contribution is 2.32. The lowest BCUT2D eigenvalue weighted by Crippen LogP contribution is -2.25. The highest BCUT2D eigenvalue weighted by Gasteiger charge is 2.23. The van der Waals surface area contributed by atoms with E-state index in [1.54, 1.807) is 0 Å². The molecule has 0 aromatic heterocycles. The molecule has 1 aromatic rings. The molecular weight excluding hydrogens is 279 g/mol. The molecule has 2 rings (SSSR count). The SMILES string of the molecule is CC1(C)CCCN(Cc2cc(Cl)c(N)c(Cl)c2)CC1. The summed E-state index contributed by atoms with van der Waals surface area (Å²) in [6.45, 7) is 7.88. The van der Waals surface area contributed by atoms with Gasteiger partial charge in [0.1, 0.15) is 0 Å². The van der Waals surface area contributed by atoms with E-state index in [1.807, 2.05) is 12.1 Å². The summed E-state index contributed by atoms with van der Waals surface area (Å²) < 4.78 is 0. The van der Waals surface area contributed by atoms with Gasteiger partial charge in [-0.05, 0) is 55.5 Å². The van der Waals surface area contributed by atoms with Crippen molar-refractivity contribution in [2.45, 2.75) is 39.7 Å². The Hall–Kier alpha value is -0.440. The number of nitrogens with two attached hydrogens (primary N) is 1. The van der Waals surface area contributed by atoms with E-state index in [9.17, 15) is 0 Å². The molecule has 0 spiro atoms. The van der Waals surface area contributed by atoms with E-state index in [4.69, 9.17) is 28.9 Å². The Morgan fingerprint density at radius 2 is 1.79 bits per heavy atom. The van der Waals surface area contributed by atoms with Crippen LogP contribution in [-0.2, 0) is 6.54 Å². The quantitative estimate of drug-likeness (QED) is 0.810. The normalized spacial score (nSPS) is 20.2. The molecular formula is C15H22Cl2N2. The van der Waals surface area contributed by atoms with Gasteiger partial charge in [-0.1, -0.05) is 37.0 Å². The second-order valence-electron chi connectivity index (χ2n) is 6.27. The molecule has 1 fully saturated rings. The predicted octanol–water partition coefficient (Wildman–Crippen LogP) is 4.59. The van der Waals surface area contributed by atoms with Gasteiger partial charge in [-0.3, -0.25) is 4.90 Å². The predicted molar refractivity (Wildman–Crippen MR) is 83.8 cm³/mol. The van der Waals surface area contributed by atoms with Gasteiger partial charge in [0.15, 0.2) is 0 Å². The Kier molecular flexibility index (Phi) is 4.65. The first-order valence-corrected chi connectivity index (χ1v) is 7.59. The Balaban J connectivity index is 2.05. The highest BCUT2D eigenvalue weighted by molar-refractivity contribution is 6.38. The number of nitrogens with zero attached hydrogens (tertiary/aromatic N) is 1. The number of halogens is 2. The number of hydrogen-bond donors (Lipinski definition) is 1. The first kappa shape index (κ1) is 15.0. The molecule has 1 saturated heterocycles. The van der Waals surface area contributed by atoms with Crippen LogP contribution in [0.15, 0.2) is 12.1 Å². The zero-order valence-electron chi connectivity index (χ0n) is 11.7. The fourth-order valence-electron chi connectivity index (χ4n) is 2.62. The topological polar surface area (TPSA) is 29.3 Å². The van der Waals surface area contributed by atoms with Crippen molar-refractivity contribution in [2.24, 2.45) is 5.41 Å². The Labute approximate surface area is 125 Å². The molecule has 1 heterocycles. The van der Waals surface area contributed by atoms with Crippen molar-refractivity contribution in [3.8, 4) is 0 Å². The van der Waals surface area contributed by atoms with Crippen LogP contribution in [0.5, 0.6) is 0 Å². The Morgan fingerprint density at radius 1 is 1.16 bits per heavy atom. The van der Waals surface area contributed by atoms with Crippen molar-refractivity contribution in [3.05, 3.63) is 27.7 Å². The molecule has 2 N–H and O–H groups in total. The zero-order chi connectivity index (χ0) is 14.0. The molecule has 0 aliphatic carbocycles. The Bertz CT molecular complexity index is 434. The third-order valence-electron chi connectivity index (χ3n) is 3.98. The molecule has 0 unspecified atom stereocenters. The molecule has 0 bridgehead atoms. The van der Waals surface area contributed by atoms with Crippen LogP contribution in [0.1, 0.15) is 38.7 Å². The molecule has 106 valence electrons. The maximum absolute atomic E-state index is 6.09. The summed E-state index contributed by atoms with van der Waals surface area (Å²) in [6, 6.07) is 3.86. The molecule has 0 radical (unpaired) electrons. The average molecular weight is 301 g/mol. The largest absolute Gasteiger partial charge is 0.396 e. The minimum Gasteiger partial charge on any atom is -0.396 e. The van der Waals surface area contributed by atoms with Gasteiger partial charge in [0.05, 0.1) is 15.7 Å². The summed E-state index contributed by atoms with van der Waals surface area (Å²) in [6.07, 6.45) is 3.79. The van der Waals surface area contributed by atoms with Gasteiger partial charge in [0.2, 0.25) is 0 Å². The minimum atomic E-state index is 0.463. The van der Waals surface area contributed by atoms with Crippen molar-refractivity contribution in [2.75, 3.05) is 18.8 Å². The monoisotopic (exact) mass is 300 g/mol. The molecule has 0 saturated carbocycles. The van der Waals surface area contributed by atoms with Crippen molar-refractivity contribution in [1.29, 1.82) is 0 Å². The third-order valence-corrected chi connectivity index (χ3v) is 4.60. The highest BCUT2D eigenvalue weighted by atomic mass is 35.5. The fraction of sp³-hybridized carbons (Fsp3) is 0.600. The second kappa shape index (κ2) is 5.90. The van der Waals surface area contributed by atoms with Crippen LogP contribution in [-0.4, -0.2) is 18.0 Å². The lowest BCUT2D eigenvalue weighted by Gasteiger charge is -2.23. The van der Waals surface area contributed by atoms with Gasteiger partial charge < -0.3 is 5.73 Å². The number of benzene rings is 1.